The highest BCUT2D eigenvalue weighted by Crippen LogP contribution is 2.47. The molecule has 4 N–H and O–H groups in total. The summed E-state index contributed by atoms with van der Waals surface area (Å²) in [5, 5.41) is 12.0. The molecular weight excluding hydrogens is 449 g/mol. The van der Waals surface area contributed by atoms with Crippen LogP contribution in [-0.2, 0) is 20.2 Å². The van der Waals surface area contributed by atoms with E-state index in [1.165, 1.54) is 0 Å². The first-order valence-corrected chi connectivity index (χ1v) is 12.7. The van der Waals surface area contributed by atoms with Gasteiger partial charge in [0.2, 0.25) is 0 Å². The van der Waals surface area contributed by atoms with Gasteiger partial charge in [0.15, 0.2) is 5.88 Å². The van der Waals surface area contributed by atoms with Crippen LogP contribution in [0.4, 0.5) is 5.69 Å². The van der Waals surface area contributed by atoms with Crippen molar-refractivity contribution in [1.29, 1.82) is 0 Å². The lowest BCUT2D eigenvalue weighted by Crippen LogP contribution is -2.11. The third-order valence-corrected chi connectivity index (χ3v) is 7.48. The van der Waals surface area contributed by atoms with Gasteiger partial charge in [0.25, 0.3) is 0 Å². The highest BCUT2D eigenvalue weighted by molar-refractivity contribution is 7.62. The van der Waals surface area contributed by atoms with Crippen molar-refractivity contribution in [2.24, 2.45) is 10.7 Å². The minimum absolute atomic E-state index is 0.0315. The van der Waals surface area contributed by atoms with Crippen LogP contribution in [0.15, 0.2) is 77.8 Å². The highest BCUT2D eigenvalue weighted by Gasteiger charge is 2.28. The van der Waals surface area contributed by atoms with Crippen LogP contribution >= 0.6 is 7.60 Å². The SMILES string of the molecule is CCOP(=O)(OCC)c1ccc2[nH]c(O)c(C(=Nc3ccc(CN)cc3)c3ccccc3)c2c1. The van der Waals surface area contributed by atoms with Crippen molar-refractivity contribution in [3.8, 4) is 5.88 Å². The summed E-state index contributed by atoms with van der Waals surface area (Å²) < 4.78 is 24.5. The number of aliphatic imine (C=N–C) groups is 1. The first-order chi connectivity index (χ1) is 16.5. The van der Waals surface area contributed by atoms with Gasteiger partial charge in [-0.25, -0.2) is 4.99 Å². The molecule has 0 unspecified atom stereocenters. The number of nitrogens with one attached hydrogen (secondary N) is 1. The topological polar surface area (TPSA) is 110 Å². The number of H-pyrrole nitrogens is 1. The molecule has 7 nitrogen and oxygen atoms in total. The molecule has 0 aliphatic heterocycles. The summed E-state index contributed by atoms with van der Waals surface area (Å²) in [6.07, 6.45) is 0. The molecule has 4 rings (SSSR count). The first kappa shape index (κ1) is 23.9. The molecule has 0 bridgehead atoms. The minimum atomic E-state index is -3.51. The van der Waals surface area contributed by atoms with Crippen LogP contribution in [0.25, 0.3) is 10.9 Å². The van der Waals surface area contributed by atoms with E-state index in [4.69, 9.17) is 19.8 Å². The van der Waals surface area contributed by atoms with Crippen LogP contribution in [0.3, 0.4) is 0 Å². The van der Waals surface area contributed by atoms with Crippen molar-refractivity contribution >= 4 is 35.2 Å². The van der Waals surface area contributed by atoms with Crippen LogP contribution in [0.5, 0.6) is 5.88 Å². The van der Waals surface area contributed by atoms with Gasteiger partial charge in [-0.1, -0.05) is 42.5 Å². The molecule has 0 amide bonds. The second-order valence-corrected chi connectivity index (χ2v) is 9.64. The van der Waals surface area contributed by atoms with Gasteiger partial charge < -0.3 is 24.9 Å². The number of nitrogens with zero attached hydrogens (tertiary/aromatic N) is 1. The Morgan fingerprint density at radius 2 is 1.68 bits per heavy atom. The Kier molecular flexibility index (Phi) is 7.29. The number of aromatic amines is 1. The maximum atomic E-state index is 13.4. The van der Waals surface area contributed by atoms with Gasteiger partial charge in [0, 0.05) is 23.0 Å². The predicted octanol–water partition coefficient (Wildman–Crippen LogP) is 5.39. The Labute approximate surface area is 198 Å². The number of nitrogens with two attached hydrogens (primary N) is 1. The van der Waals surface area contributed by atoms with Crippen molar-refractivity contribution in [2.45, 2.75) is 20.4 Å². The zero-order chi connectivity index (χ0) is 24.1. The third kappa shape index (κ3) is 4.83. The van der Waals surface area contributed by atoms with Gasteiger partial charge in [-0.05, 0) is 49.7 Å². The summed E-state index contributed by atoms with van der Waals surface area (Å²) in [6.45, 7) is 4.48. The Morgan fingerprint density at radius 1 is 1.00 bits per heavy atom. The lowest BCUT2D eigenvalue weighted by atomic mass is 10.0. The van der Waals surface area contributed by atoms with E-state index < -0.39 is 7.60 Å². The van der Waals surface area contributed by atoms with Gasteiger partial charge in [-0.2, -0.15) is 0 Å². The smallest absolute Gasteiger partial charge is 0.361 e. The van der Waals surface area contributed by atoms with Gasteiger partial charge >= 0.3 is 7.60 Å². The van der Waals surface area contributed by atoms with Crippen molar-refractivity contribution in [1.82, 2.24) is 4.98 Å². The maximum Gasteiger partial charge on any atom is 0.361 e. The Balaban J connectivity index is 1.93. The van der Waals surface area contributed by atoms with Crippen molar-refractivity contribution in [2.75, 3.05) is 13.2 Å². The number of aromatic nitrogens is 1. The third-order valence-electron chi connectivity index (χ3n) is 5.37. The molecule has 3 aromatic carbocycles. The monoisotopic (exact) mass is 477 g/mol. The molecule has 8 heteroatoms. The Hall–Kier alpha value is -3.22. The quantitative estimate of drug-likeness (QED) is 0.221. The molecule has 4 aromatic rings. The molecule has 0 fully saturated rings. The van der Waals surface area contributed by atoms with E-state index in [9.17, 15) is 9.67 Å². The molecule has 0 aliphatic rings. The van der Waals surface area contributed by atoms with E-state index in [2.05, 4.69) is 4.98 Å². The lowest BCUT2D eigenvalue weighted by Gasteiger charge is -2.17. The predicted molar refractivity (Wildman–Crippen MR) is 137 cm³/mol. The van der Waals surface area contributed by atoms with E-state index in [1.54, 1.807) is 32.0 Å². The van der Waals surface area contributed by atoms with E-state index in [0.29, 0.717) is 34.0 Å². The molecule has 0 aliphatic carbocycles. The van der Waals surface area contributed by atoms with Crippen LogP contribution in [0, 0.1) is 0 Å². The van der Waals surface area contributed by atoms with Crippen LogP contribution in [0.2, 0.25) is 0 Å². The number of fused-ring (bicyclic) bond motifs is 1. The van der Waals surface area contributed by atoms with Gasteiger partial charge in [0.05, 0.1) is 35.5 Å². The van der Waals surface area contributed by atoms with Crippen molar-refractivity contribution < 1.29 is 18.7 Å². The number of rotatable bonds is 9. The van der Waals surface area contributed by atoms with Gasteiger partial charge in [-0.15, -0.1) is 0 Å². The number of aromatic hydroxyl groups is 1. The largest absolute Gasteiger partial charge is 0.494 e. The summed E-state index contributed by atoms with van der Waals surface area (Å²) in [4.78, 5) is 7.90. The van der Waals surface area contributed by atoms with E-state index >= 15 is 0 Å². The maximum absolute atomic E-state index is 13.4. The van der Waals surface area contributed by atoms with Crippen LogP contribution < -0.4 is 11.0 Å². The zero-order valence-electron chi connectivity index (χ0n) is 19.2. The van der Waals surface area contributed by atoms with Crippen molar-refractivity contribution in [3.05, 3.63) is 89.5 Å². The van der Waals surface area contributed by atoms with E-state index in [-0.39, 0.29) is 19.1 Å². The molecule has 0 saturated heterocycles. The number of benzene rings is 3. The zero-order valence-corrected chi connectivity index (χ0v) is 20.1. The summed E-state index contributed by atoms with van der Waals surface area (Å²) in [5.74, 6) is -0.0315. The summed E-state index contributed by atoms with van der Waals surface area (Å²) in [6, 6.07) is 22.4. The molecular formula is C26H28N3O4P. The van der Waals surface area contributed by atoms with Gasteiger partial charge in [0.1, 0.15) is 0 Å². The summed E-state index contributed by atoms with van der Waals surface area (Å²) in [5.41, 5.74) is 10.0. The fourth-order valence-electron chi connectivity index (χ4n) is 3.80. The first-order valence-electron chi connectivity index (χ1n) is 11.2. The minimum Gasteiger partial charge on any atom is -0.494 e. The second-order valence-electron chi connectivity index (χ2n) is 7.61. The van der Waals surface area contributed by atoms with E-state index in [0.717, 1.165) is 16.8 Å². The summed E-state index contributed by atoms with van der Waals surface area (Å²) in [7, 11) is -3.51. The Morgan fingerprint density at radius 3 is 2.29 bits per heavy atom. The van der Waals surface area contributed by atoms with Crippen molar-refractivity contribution in [3.63, 3.8) is 0 Å². The average Bonchev–Trinajstić information content (AvgIpc) is 3.18. The molecule has 0 radical (unpaired) electrons. The number of hydrogen-bond acceptors (Lipinski definition) is 6. The van der Waals surface area contributed by atoms with E-state index in [1.807, 2.05) is 54.6 Å². The molecule has 1 heterocycles. The van der Waals surface area contributed by atoms with Crippen LogP contribution in [0.1, 0.15) is 30.5 Å². The standard InChI is InChI=1S/C26H28N3O4P/c1-3-32-34(31,33-4-2)21-14-15-23-22(16-21)24(26(30)29-23)25(19-8-6-5-7-9-19)28-20-12-10-18(17-27)11-13-20/h5-16,29-30H,3-4,17,27H2,1-2H3. The number of hydrogen-bond donors (Lipinski definition) is 3. The average molecular weight is 478 g/mol. The normalized spacial score (nSPS) is 12.4. The van der Waals surface area contributed by atoms with Crippen LogP contribution in [-0.4, -0.2) is 29.0 Å². The second kappa shape index (κ2) is 10.4. The molecule has 34 heavy (non-hydrogen) atoms. The molecule has 176 valence electrons. The molecule has 0 saturated carbocycles. The fourth-order valence-corrected chi connectivity index (χ4v) is 5.40. The lowest BCUT2D eigenvalue weighted by molar-refractivity contribution is 0.230. The molecule has 0 atom stereocenters. The highest BCUT2D eigenvalue weighted by atomic mass is 31.2. The fraction of sp³-hybridized carbons (Fsp3) is 0.192. The Bertz CT molecular complexity index is 1340. The summed E-state index contributed by atoms with van der Waals surface area (Å²) >= 11 is 0. The molecule has 1 aromatic heterocycles. The molecule has 0 spiro atoms. The van der Waals surface area contributed by atoms with Gasteiger partial charge in [-0.3, -0.25) is 4.57 Å².